The molecule has 0 aliphatic rings. The van der Waals surface area contributed by atoms with E-state index < -0.39 is 10.0 Å². The Morgan fingerprint density at radius 3 is 2.65 bits per heavy atom. The van der Waals surface area contributed by atoms with Gasteiger partial charge < -0.3 is 11.1 Å². The van der Waals surface area contributed by atoms with Gasteiger partial charge in [-0.15, -0.1) is 0 Å². The normalized spacial score (nSPS) is 11.6. The van der Waals surface area contributed by atoms with Gasteiger partial charge in [-0.25, -0.2) is 13.1 Å². The van der Waals surface area contributed by atoms with Crippen LogP contribution in [0.25, 0.3) is 0 Å². The van der Waals surface area contributed by atoms with Crippen LogP contribution in [0.2, 0.25) is 0 Å². The molecule has 0 aliphatic carbocycles. The summed E-state index contributed by atoms with van der Waals surface area (Å²) in [4.78, 5) is 11.4. The zero-order valence-electron chi connectivity index (χ0n) is 11.3. The van der Waals surface area contributed by atoms with Crippen molar-refractivity contribution in [1.29, 1.82) is 0 Å². The fraction of sp³-hybridized carbons (Fsp3) is 0.417. The highest BCUT2D eigenvalue weighted by atomic mass is 79.9. The summed E-state index contributed by atoms with van der Waals surface area (Å²) in [6, 6.07) is 4.52. The Bertz CT molecular complexity index is 588. The third-order valence-corrected chi connectivity index (χ3v) is 4.35. The van der Waals surface area contributed by atoms with E-state index in [0.29, 0.717) is 16.9 Å². The number of carbonyl (C=O) groups excluding carboxylic acids is 1. The van der Waals surface area contributed by atoms with Gasteiger partial charge in [-0.05, 0) is 24.1 Å². The summed E-state index contributed by atoms with van der Waals surface area (Å²) in [5.41, 5.74) is 5.77. The van der Waals surface area contributed by atoms with Crippen molar-refractivity contribution in [2.75, 3.05) is 18.8 Å². The topological polar surface area (TPSA) is 101 Å². The lowest BCUT2D eigenvalue weighted by Gasteiger charge is -2.10. The molecule has 0 aliphatic heterocycles. The van der Waals surface area contributed by atoms with E-state index in [1.165, 1.54) is 12.1 Å². The molecule has 0 radical (unpaired) electrons. The average Bonchev–Trinajstić information content (AvgIpc) is 2.36. The molecule has 8 heteroatoms. The van der Waals surface area contributed by atoms with Gasteiger partial charge in [0, 0.05) is 11.0 Å². The van der Waals surface area contributed by atoms with Gasteiger partial charge in [0.25, 0.3) is 0 Å². The average molecular weight is 364 g/mol. The first-order valence-corrected chi connectivity index (χ1v) is 8.31. The summed E-state index contributed by atoms with van der Waals surface area (Å²) in [5.74, 6) is -0.0767. The maximum atomic E-state index is 12.1. The second kappa shape index (κ2) is 7.05. The molecule has 0 unspecified atom stereocenters. The molecule has 0 spiro atoms. The largest absolute Gasteiger partial charge is 0.398 e. The smallest absolute Gasteiger partial charge is 0.243 e. The molecule has 1 aromatic rings. The SMILES string of the molecule is CC(C)CNC(=O)CNS(=O)(=O)c1cc(Br)ccc1N. The number of halogens is 1. The fourth-order valence-corrected chi connectivity index (χ4v) is 3.01. The minimum Gasteiger partial charge on any atom is -0.398 e. The lowest BCUT2D eigenvalue weighted by molar-refractivity contribution is -0.120. The molecule has 112 valence electrons. The summed E-state index contributed by atoms with van der Waals surface area (Å²) in [6.45, 7) is 4.08. The van der Waals surface area contributed by atoms with Crippen LogP contribution in [0.1, 0.15) is 13.8 Å². The molecular weight excluding hydrogens is 346 g/mol. The highest BCUT2D eigenvalue weighted by Crippen LogP contribution is 2.22. The third-order valence-electron chi connectivity index (χ3n) is 2.40. The molecule has 1 aromatic carbocycles. The lowest BCUT2D eigenvalue weighted by atomic mass is 10.2. The van der Waals surface area contributed by atoms with Gasteiger partial charge in [0.2, 0.25) is 15.9 Å². The minimum absolute atomic E-state index is 0.0523. The predicted molar refractivity (Wildman–Crippen MR) is 81.6 cm³/mol. The van der Waals surface area contributed by atoms with Crippen molar-refractivity contribution in [2.24, 2.45) is 5.92 Å². The number of nitrogens with one attached hydrogen (secondary N) is 2. The first-order valence-electron chi connectivity index (χ1n) is 6.04. The van der Waals surface area contributed by atoms with Crippen molar-refractivity contribution >= 4 is 37.5 Å². The van der Waals surface area contributed by atoms with Crippen molar-refractivity contribution in [3.8, 4) is 0 Å². The van der Waals surface area contributed by atoms with Crippen LogP contribution in [-0.4, -0.2) is 27.4 Å². The van der Waals surface area contributed by atoms with Gasteiger partial charge in [-0.2, -0.15) is 0 Å². The van der Waals surface area contributed by atoms with Crippen LogP contribution in [0.5, 0.6) is 0 Å². The fourth-order valence-electron chi connectivity index (χ4n) is 1.36. The van der Waals surface area contributed by atoms with E-state index in [1.54, 1.807) is 6.07 Å². The molecular formula is C12H18BrN3O3S. The van der Waals surface area contributed by atoms with Crippen LogP contribution in [0.4, 0.5) is 5.69 Å². The molecule has 0 fully saturated rings. The number of nitrogens with two attached hydrogens (primary N) is 1. The van der Waals surface area contributed by atoms with E-state index in [4.69, 9.17) is 5.73 Å². The zero-order valence-corrected chi connectivity index (χ0v) is 13.7. The summed E-state index contributed by atoms with van der Waals surface area (Å²) < 4.78 is 26.9. The van der Waals surface area contributed by atoms with Crippen LogP contribution >= 0.6 is 15.9 Å². The maximum Gasteiger partial charge on any atom is 0.243 e. The Kier molecular flexibility index (Phi) is 5.97. The molecule has 0 aromatic heterocycles. The van der Waals surface area contributed by atoms with E-state index >= 15 is 0 Å². The Balaban J connectivity index is 2.71. The monoisotopic (exact) mass is 363 g/mol. The van der Waals surface area contributed by atoms with Crippen molar-refractivity contribution in [3.63, 3.8) is 0 Å². The highest BCUT2D eigenvalue weighted by Gasteiger charge is 2.18. The van der Waals surface area contributed by atoms with E-state index in [-0.39, 0.29) is 23.0 Å². The van der Waals surface area contributed by atoms with Crippen LogP contribution in [0, 0.1) is 5.92 Å². The maximum absolute atomic E-state index is 12.1. The molecule has 20 heavy (non-hydrogen) atoms. The van der Waals surface area contributed by atoms with E-state index in [0.717, 1.165) is 0 Å². The molecule has 0 saturated carbocycles. The second-order valence-electron chi connectivity index (χ2n) is 4.70. The summed E-state index contributed by atoms with van der Waals surface area (Å²) >= 11 is 3.18. The number of rotatable bonds is 6. The van der Waals surface area contributed by atoms with Gasteiger partial charge in [-0.3, -0.25) is 4.79 Å². The summed E-state index contributed by atoms with van der Waals surface area (Å²) in [7, 11) is -3.81. The van der Waals surface area contributed by atoms with Crippen molar-refractivity contribution in [3.05, 3.63) is 22.7 Å². The molecule has 0 bridgehead atoms. The molecule has 0 atom stereocenters. The standard InChI is InChI=1S/C12H18BrN3O3S/c1-8(2)6-15-12(17)7-16-20(18,19)11-5-9(13)3-4-10(11)14/h3-5,8,16H,6-7,14H2,1-2H3,(H,15,17). The van der Waals surface area contributed by atoms with Gasteiger partial charge in [0.15, 0.2) is 0 Å². The second-order valence-corrected chi connectivity index (χ2v) is 7.36. The van der Waals surface area contributed by atoms with Gasteiger partial charge in [0.05, 0.1) is 12.2 Å². The van der Waals surface area contributed by atoms with Gasteiger partial charge in [-0.1, -0.05) is 29.8 Å². The minimum atomic E-state index is -3.81. The summed E-state index contributed by atoms with van der Waals surface area (Å²) in [6.07, 6.45) is 0. The number of benzene rings is 1. The van der Waals surface area contributed by atoms with Crippen LogP contribution in [0.3, 0.4) is 0 Å². The Hall–Kier alpha value is -1.12. The van der Waals surface area contributed by atoms with E-state index in [9.17, 15) is 13.2 Å². The van der Waals surface area contributed by atoms with E-state index in [2.05, 4.69) is 26.0 Å². The van der Waals surface area contributed by atoms with Crippen LogP contribution < -0.4 is 15.8 Å². The molecule has 0 heterocycles. The lowest BCUT2D eigenvalue weighted by Crippen LogP contribution is -2.38. The van der Waals surface area contributed by atoms with Gasteiger partial charge in [0.1, 0.15) is 4.90 Å². The first kappa shape index (κ1) is 16.9. The van der Waals surface area contributed by atoms with Crippen molar-refractivity contribution in [1.82, 2.24) is 10.0 Å². The Labute approximate surface area is 127 Å². The molecule has 1 amide bonds. The number of amides is 1. The number of anilines is 1. The molecule has 6 nitrogen and oxygen atoms in total. The van der Waals surface area contributed by atoms with Gasteiger partial charge >= 0.3 is 0 Å². The Morgan fingerprint density at radius 2 is 2.05 bits per heavy atom. The third kappa shape index (κ3) is 5.10. The zero-order chi connectivity index (χ0) is 15.3. The van der Waals surface area contributed by atoms with Crippen molar-refractivity contribution in [2.45, 2.75) is 18.7 Å². The first-order chi connectivity index (χ1) is 9.22. The Morgan fingerprint density at radius 1 is 1.40 bits per heavy atom. The number of hydrogen-bond acceptors (Lipinski definition) is 4. The highest BCUT2D eigenvalue weighted by molar-refractivity contribution is 9.10. The molecule has 4 N–H and O–H groups in total. The molecule has 1 rings (SSSR count). The van der Waals surface area contributed by atoms with Crippen LogP contribution in [0.15, 0.2) is 27.6 Å². The number of carbonyl (C=O) groups is 1. The number of hydrogen-bond donors (Lipinski definition) is 3. The quantitative estimate of drug-likeness (QED) is 0.658. The number of nitrogen functional groups attached to an aromatic ring is 1. The van der Waals surface area contributed by atoms with E-state index in [1.807, 2.05) is 13.8 Å². The summed E-state index contributed by atoms with van der Waals surface area (Å²) in [5, 5.41) is 2.63. The van der Waals surface area contributed by atoms with Crippen molar-refractivity contribution < 1.29 is 13.2 Å². The van der Waals surface area contributed by atoms with Crippen LogP contribution in [-0.2, 0) is 14.8 Å². The predicted octanol–water partition coefficient (Wildman–Crippen LogP) is 1.08. The number of sulfonamides is 1. The molecule has 0 saturated heterocycles.